The Hall–Kier alpha value is -1.26. The van der Waals surface area contributed by atoms with E-state index in [4.69, 9.17) is 9.47 Å². The third-order valence-corrected chi connectivity index (χ3v) is 7.47. The molecule has 1 atom stereocenters. The highest BCUT2D eigenvalue weighted by Gasteiger charge is 2.50. The van der Waals surface area contributed by atoms with Gasteiger partial charge in [0.2, 0.25) is 0 Å². The van der Waals surface area contributed by atoms with E-state index in [-0.39, 0.29) is 5.41 Å². The Labute approximate surface area is 176 Å². The van der Waals surface area contributed by atoms with Crippen molar-refractivity contribution in [3.8, 4) is 11.5 Å². The largest absolute Gasteiger partial charge is 0.497 e. The lowest BCUT2D eigenvalue weighted by atomic mass is 9.49. The van der Waals surface area contributed by atoms with Crippen LogP contribution in [0.15, 0.2) is 18.2 Å². The Morgan fingerprint density at radius 1 is 1.10 bits per heavy atom. The van der Waals surface area contributed by atoms with Gasteiger partial charge in [-0.05, 0) is 85.3 Å². The molecule has 0 aliphatic heterocycles. The van der Waals surface area contributed by atoms with Gasteiger partial charge in [-0.3, -0.25) is 0 Å². The summed E-state index contributed by atoms with van der Waals surface area (Å²) < 4.78 is 11.4. The van der Waals surface area contributed by atoms with Crippen molar-refractivity contribution in [2.45, 2.75) is 70.8 Å². The maximum absolute atomic E-state index is 10.5. The minimum absolute atomic E-state index is 0.0500. The summed E-state index contributed by atoms with van der Waals surface area (Å²) in [6.07, 6.45) is 8.14. The molecule has 0 radical (unpaired) electrons. The molecule has 4 bridgehead atoms. The number of benzene rings is 1. The van der Waals surface area contributed by atoms with Gasteiger partial charge in [-0.15, -0.1) is 0 Å². The van der Waals surface area contributed by atoms with Gasteiger partial charge in [0.05, 0.1) is 7.11 Å². The number of hydrogen-bond donors (Lipinski definition) is 2. The Bertz CT molecular complexity index is 673. The van der Waals surface area contributed by atoms with E-state index >= 15 is 0 Å². The minimum atomic E-state index is -0.501. The summed E-state index contributed by atoms with van der Waals surface area (Å²) in [5.74, 6) is 4.59. The van der Waals surface area contributed by atoms with Crippen LogP contribution < -0.4 is 14.8 Å². The molecular weight excluding hydrogens is 362 g/mol. The molecule has 0 spiro atoms. The van der Waals surface area contributed by atoms with Crippen LogP contribution in [0.4, 0.5) is 0 Å². The first-order valence-electron chi connectivity index (χ1n) is 11.5. The predicted octanol–water partition coefficient (Wildman–Crippen LogP) is 4.54. The minimum Gasteiger partial charge on any atom is -0.497 e. The average molecular weight is 402 g/mol. The summed E-state index contributed by atoms with van der Waals surface area (Å²) in [4.78, 5) is 0. The first-order valence-corrected chi connectivity index (χ1v) is 11.5. The molecule has 29 heavy (non-hydrogen) atoms. The third-order valence-electron chi connectivity index (χ3n) is 7.47. The van der Waals surface area contributed by atoms with E-state index in [1.165, 1.54) is 38.5 Å². The predicted molar refractivity (Wildman–Crippen MR) is 117 cm³/mol. The number of methoxy groups -OCH3 is 1. The van der Waals surface area contributed by atoms with Crippen molar-refractivity contribution >= 4 is 0 Å². The first kappa shape index (κ1) is 21.0. The number of nitrogens with one attached hydrogen (secondary N) is 1. The molecule has 4 fully saturated rings. The molecule has 0 amide bonds. The molecule has 0 unspecified atom stereocenters. The molecule has 0 saturated heterocycles. The van der Waals surface area contributed by atoms with E-state index in [9.17, 15) is 5.11 Å². The van der Waals surface area contributed by atoms with E-state index in [2.05, 4.69) is 26.1 Å². The van der Waals surface area contributed by atoms with Crippen LogP contribution in [0.3, 0.4) is 0 Å². The summed E-state index contributed by atoms with van der Waals surface area (Å²) in [6, 6.07) is 5.91. The van der Waals surface area contributed by atoms with Crippen LogP contribution in [0.2, 0.25) is 0 Å². The zero-order valence-electron chi connectivity index (χ0n) is 18.7. The number of hydrogen-bond acceptors (Lipinski definition) is 4. The number of rotatable bonds is 8. The molecule has 162 valence electrons. The molecule has 1 aromatic rings. The maximum Gasteiger partial charge on any atom is 0.123 e. The van der Waals surface area contributed by atoms with Crippen molar-refractivity contribution < 1.29 is 14.6 Å². The molecule has 0 heterocycles. The Kier molecular flexibility index (Phi) is 5.87. The average Bonchev–Trinajstić information content (AvgIpc) is 2.64. The number of ether oxygens (including phenoxy) is 2. The summed E-state index contributed by atoms with van der Waals surface area (Å²) in [5, 5.41) is 14.1. The zero-order valence-corrected chi connectivity index (χ0v) is 18.7. The summed E-state index contributed by atoms with van der Waals surface area (Å²) in [7, 11) is 1.68. The maximum atomic E-state index is 10.5. The number of aliphatic hydroxyl groups is 1. The van der Waals surface area contributed by atoms with Crippen LogP contribution in [0.5, 0.6) is 11.5 Å². The topological polar surface area (TPSA) is 50.7 Å². The molecule has 4 saturated carbocycles. The molecule has 4 nitrogen and oxygen atoms in total. The molecular formula is C25H39NO3. The monoisotopic (exact) mass is 401 g/mol. The van der Waals surface area contributed by atoms with Gasteiger partial charge in [-0.25, -0.2) is 0 Å². The van der Waals surface area contributed by atoms with Crippen LogP contribution in [-0.4, -0.2) is 38.0 Å². The Morgan fingerprint density at radius 2 is 1.72 bits per heavy atom. The summed E-state index contributed by atoms with van der Waals surface area (Å²) >= 11 is 0. The van der Waals surface area contributed by atoms with E-state index in [0.717, 1.165) is 41.4 Å². The highest BCUT2D eigenvalue weighted by atomic mass is 16.5. The lowest BCUT2D eigenvalue weighted by molar-refractivity contribution is -0.0524. The highest BCUT2D eigenvalue weighted by Crippen LogP contribution is 2.59. The van der Waals surface area contributed by atoms with Gasteiger partial charge in [0.25, 0.3) is 0 Å². The van der Waals surface area contributed by atoms with Gasteiger partial charge in [-0.2, -0.15) is 0 Å². The fourth-order valence-corrected chi connectivity index (χ4v) is 6.60. The Balaban J connectivity index is 1.27. The molecule has 1 aromatic carbocycles. The van der Waals surface area contributed by atoms with Gasteiger partial charge in [0, 0.05) is 18.7 Å². The molecule has 4 aliphatic rings. The second-order valence-electron chi connectivity index (χ2n) is 11.1. The lowest BCUT2D eigenvalue weighted by Gasteiger charge is -2.57. The lowest BCUT2D eigenvalue weighted by Crippen LogP contribution is -2.51. The fourth-order valence-electron chi connectivity index (χ4n) is 6.60. The smallest absolute Gasteiger partial charge is 0.123 e. The SMILES string of the molecule is COc1ccc(OC[C@H](O)CNCC23CC4CC(CC(C4)C2)C3)c(C(C)(C)C)c1. The van der Waals surface area contributed by atoms with Crippen LogP contribution in [0.25, 0.3) is 0 Å². The van der Waals surface area contributed by atoms with Gasteiger partial charge >= 0.3 is 0 Å². The normalized spacial score (nSPS) is 31.7. The molecule has 0 aromatic heterocycles. The number of aliphatic hydroxyl groups excluding tert-OH is 1. The van der Waals surface area contributed by atoms with Crippen LogP contribution in [-0.2, 0) is 5.41 Å². The first-order chi connectivity index (χ1) is 13.8. The van der Waals surface area contributed by atoms with Gasteiger partial charge in [0.1, 0.15) is 24.2 Å². The third kappa shape index (κ3) is 4.74. The van der Waals surface area contributed by atoms with Crippen molar-refractivity contribution in [2.75, 3.05) is 26.8 Å². The van der Waals surface area contributed by atoms with E-state index in [1.807, 2.05) is 18.2 Å². The molecule has 4 aliphatic carbocycles. The second kappa shape index (κ2) is 8.11. The summed E-state index contributed by atoms with van der Waals surface area (Å²) in [6.45, 7) is 8.46. The van der Waals surface area contributed by atoms with Crippen LogP contribution in [0, 0.1) is 23.2 Å². The Morgan fingerprint density at radius 3 is 2.28 bits per heavy atom. The molecule has 4 heteroatoms. The quantitative estimate of drug-likeness (QED) is 0.671. The standard InChI is InChI=1S/C25H39NO3/c1-24(2,3)22-10-21(28-4)5-6-23(22)29-15-20(27)14-26-16-25-11-17-7-18(12-25)9-19(8-17)13-25/h5-6,10,17-20,26-27H,7-9,11-16H2,1-4H3/t17?,18?,19?,20-,25?/m1/s1. The zero-order chi connectivity index (χ0) is 20.6. The van der Waals surface area contributed by atoms with Gasteiger partial charge < -0.3 is 19.9 Å². The molecule has 2 N–H and O–H groups in total. The van der Waals surface area contributed by atoms with E-state index in [1.54, 1.807) is 7.11 Å². The molecule has 5 rings (SSSR count). The van der Waals surface area contributed by atoms with E-state index < -0.39 is 6.10 Å². The highest BCUT2D eigenvalue weighted by molar-refractivity contribution is 5.44. The van der Waals surface area contributed by atoms with Crippen molar-refractivity contribution in [1.82, 2.24) is 5.32 Å². The van der Waals surface area contributed by atoms with E-state index in [0.29, 0.717) is 18.6 Å². The van der Waals surface area contributed by atoms with Crippen molar-refractivity contribution in [1.29, 1.82) is 0 Å². The fraction of sp³-hybridized carbons (Fsp3) is 0.760. The summed E-state index contributed by atoms with van der Waals surface area (Å²) in [5.41, 5.74) is 1.56. The van der Waals surface area contributed by atoms with Gasteiger partial charge in [-0.1, -0.05) is 20.8 Å². The van der Waals surface area contributed by atoms with Crippen molar-refractivity contribution in [2.24, 2.45) is 23.2 Å². The van der Waals surface area contributed by atoms with Crippen LogP contribution in [0.1, 0.15) is 64.9 Å². The van der Waals surface area contributed by atoms with Gasteiger partial charge in [0.15, 0.2) is 0 Å². The van der Waals surface area contributed by atoms with Crippen molar-refractivity contribution in [3.63, 3.8) is 0 Å². The van der Waals surface area contributed by atoms with Crippen molar-refractivity contribution in [3.05, 3.63) is 23.8 Å². The second-order valence-corrected chi connectivity index (χ2v) is 11.1. The van der Waals surface area contributed by atoms with Crippen LogP contribution >= 0.6 is 0 Å².